The van der Waals surface area contributed by atoms with E-state index in [4.69, 9.17) is 0 Å². The molecule has 2 amide bonds. The van der Waals surface area contributed by atoms with Gasteiger partial charge in [0.15, 0.2) is 5.82 Å². The number of nitrogens with one attached hydrogen (secondary N) is 2. The third kappa shape index (κ3) is 3.13. The first-order valence-corrected chi connectivity index (χ1v) is 7.46. The van der Waals surface area contributed by atoms with E-state index in [0.717, 1.165) is 0 Å². The van der Waals surface area contributed by atoms with E-state index in [1.165, 1.54) is 10.8 Å². The Morgan fingerprint density at radius 1 is 1.12 bits per heavy atom. The molecule has 8 heteroatoms. The maximum absolute atomic E-state index is 12.9. The first kappa shape index (κ1) is 15.8. The monoisotopic (exact) mass is 339 g/mol. The normalized spacial score (nSPS) is 10.9. The molecule has 24 heavy (non-hydrogen) atoms. The zero-order chi connectivity index (χ0) is 16.9. The molecule has 0 spiro atoms. The summed E-state index contributed by atoms with van der Waals surface area (Å²) in [4.78, 5) is 28.4. The molecule has 0 atom stereocenters. The van der Waals surface area contributed by atoms with Gasteiger partial charge in [0.1, 0.15) is 0 Å². The van der Waals surface area contributed by atoms with Crippen molar-refractivity contribution < 1.29 is 4.79 Å². The molecule has 0 aliphatic rings. The van der Waals surface area contributed by atoms with Crippen molar-refractivity contribution in [1.82, 2.24) is 19.7 Å². The van der Waals surface area contributed by atoms with Crippen molar-refractivity contribution in [3.8, 4) is 5.69 Å². The minimum absolute atomic E-state index is 0.216. The second-order valence-corrected chi connectivity index (χ2v) is 5.00. The Kier molecular flexibility index (Phi) is 4.57. The molecule has 3 aromatic rings. The molecule has 3 rings (SSSR count). The number of nitrogens with zero attached hydrogens (tertiary/aromatic N) is 3. The number of hydrogen-bond donors (Lipinski definition) is 3. The smallest absolute Gasteiger partial charge is 0.283 e. The van der Waals surface area contributed by atoms with E-state index >= 15 is 0 Å². The van der Waals surface area contributed by atoms with Crippen LogP contribution in [-0.4, -0.2) is 21.8 Å². The van der Waals surface area contributed by atoms with Crippen LogP contribution < -0.4 is 15.7 Å². The molecule has 1 heterocycles. The van der Waals surface area contributed by atoms with E-state index in [0.29, 0.717) is 22.4 Å². The lowest BCUT2D eigenvalue weighted by Gasteiger charge is -2.10. The first-order valence-electron chi connectivity index (χ1n) is 7.01. The van der Waals surface area contributed by atoms with Crippen LogP contribution in [0.4, 0.5) is 4.79 Å². The van der Waals surface area contributed by atoms with Crippen molar-refractivity contribution in [2.45, 2.75) is 0 Å². The van der Waals surface area contributed by atoms with Gasteiger partial charge in [-0.1, -0.05) is 43.1 Å². The van der Waals surface area contributed by atoms with Gasteiger partial charge in [0.25, 0.3) is 5.56 Å². The molecule has 0 aliphatic heterocycles. The molecule has 120 valence electrons. The average Bonchev–Trinajstić information content (AvgIpc) is 2.62. The van der Waals surface area contributed by atoms with Crippen LogP contribution in [0.25, 0.3) is 16.6 Å². The van der Waals surface area contributed by atoms with Crippen LogP contribution in [0.2, 0.25) is 0 Å². The van der Waals surface area contributed by atoms with E-state index in [1.807, 2.05) is 18.2 Å². The van der Waals surface area contributed by atoms with Crippen molar-refractivity contribution >= 4 is 36.0 Å². The Hall–Kier alpha value is -3.13. The van der Waals surface area contributed by atoms with E-state index in [2.05, 4.69) is 33.0 Å². The standard InChI is InChI=1S/C16H13N5O2S/c22-15-12-8-4-5-9-13(12)18-14(10-17-19-16(23)20-24)21(15)11-6-2-1-3-7-11/h1-10,24H,(H2,19,20,23)/b17-10+. The number of aromatic nitrogens is 2. The summed E-state index contributed by atoms with van der Waals surface area (Å²) < 4.78 is 3.52. The molecule has 1 aromatic heterocycles. The number of carbonyl (C=O) groups is 1. The second kappa shape index (κ2) is 6.97. The highest BCUT2D eigenvalue weighted by Crippen LogP contribution is 2.11. The number of para-hydroxylation sites is 2. The topological polar surface area (TPSA) is 88.4 Å². The van der Waals surface area contributed by atoms with E-state index in [9.17, 15) is 9.59 Å². The number of rotatable bonds is 3. The molecule has 0 bridgehead atoms. The van der Waals surface area contributed by atoms with Crippen LogP contribution in [0.1, 0.15) is 5.82 Å². The number of carbonyl (C=O) groups excluding carboxylic acids is 1. The van der Waals surface area contributed by atoms with Crippen LogP contribution in [0.15, 0.2) is 64.5 Å². The zero-order valence-electron chi connectivity index (χ0n) is 12.4. The largest absolute Gasteiger partial charge is 0.344 e. The number of thiol groups is 1. The predicted molar refractivity (Wildman–Crippen MR) is 95.6 cm³/mol. The van der Waals surface area contributed by atoms with E-state index in [-0.39, 0.29) is 5.56 Å². The summed E-state index contributed by atoms with van der Waals surface area (Å²) in [5, 5.41) is 4.29. The van der Waals surface area contributed by atoms with Crippen molar-refractivity contribution in [2.24, 2.45) is 5.10 Å². The fraction of sp³-hybridized carbons (Fsp3) is 0. The van der Waals surface area contributed by atoms with Gasteiger partial charge in [-0.15, -0.1) is 0 Å². The maximum atomic E-state index is 12.9. The summed E-state index contributed by atoms with van der Waals surface area (Å²) in [5.41, 5.74) is 3.20. The highest BCUT2D eigenvalue weighted by Gasteiger charge is 2.11. The van der Waals surface area contributed by atoms with Gasteiger partial charge in [-0.3, -0.25) is 14.1 Å². The molecular formula is C16H13N5O2S. The quantitative estimate of drug-likeness (QED) is 0.387. The Bertz CT molecular complexity index is 969. The SMILES string of the molecule is O=C(NS)N/N=C/c1nc2ccccc2c(=O)n1-c1ccccc1. The molecule has 0 saturated carbocycles. The third-order valence-electron chi connectivity index (χ3n) is 3.26. The molecule has 7 nitrogen and oxygen atoms in total. The zero-order valence-corrected chi connectivity index (χ0v) is 13.3. The molecular weight excluding hydrogens is 326 g/mol. The first-order chi connectivity index (χ1) is 11.7. The molecule has 0 aliphatic carbocycles. The third-order valence-corrected chi connectivity index (χ3v) is 3.47. The minimum atomic E-state index is -0.594. The summed E-state index contributed by atoms with van der Waals surface area (Å²) in [5.74, 6) is 0.296. The number of benzene rings is 2. The van der Waals surface area contributed by atoms with Crippen molar-refractivity contribution in [3.05, 3.63) is 70.8 Å². The summed E-state index contributed by atoms with van der Waals surface area (Å²) in [6.07, 6.45) is 1.31. The molecule has 0 radical (unpaired) electrons. The Morgan fingerprint density at radius 3 is 2.58 bits per heavy atom. The number of fused-ring (bicyclic) bond motifs is 1. The van der Waals surface area contributed by atoms with Crippen LogP contribution in [0.3, 0.4) is 0 Å². The number of amides is 2. The highest BCUT2D eigenvalue weighted by molar-refractivity contribution is 7.78. The van der Waals surface area contributed by atoms with E-state index in [1.54, 1.807) is 36.4 Å². The second-order valence-electron chi connectivity index (χ2n) is 4.77. The van der Waals surface area contributed by atoms with Gasteiger partial charge in [-0.2, -0.15) is 5.10 Å². The Balaban J connectivity index is 2.19. The summed E-state index contributed by atoms with van der Waals surface area (Å²) in [6, 6.07) is 15.6. The van der Waals surface area contributed by atoms with Crippen LogP contribution in [0, 0.1) is 0 Å². The lowest BCUT2D eigenvalue weighted by molar-refractivity contribution is 0.247. The number of hydrazone groups is 1. The van der Waals surface area contributed by atoms with Gasteiger partial charge >= 0.3 is 6.03 Å². The van der Waals surface area contributed by atoms with Gasteiger partial charge in [-0.25, -0.2) is 15.2 Å². The summed E-state index contributed by atoms with van der Waals surface area (Å²) in [6.45, 7) is 0. The van der Waals surface area contributed by atoms with Gasteiger partial charge < -0.3 is 0 Å². The fourth-order valence-corrected chi connectivity index (χ4v) is 2.29. The van der Waals surface area contributed by atoms with Gasteiger partial charge in [0.2, 0.25) is 0 Å². The highest BCUT2D eigenvalue weighted by atomic mass is 32.1. The Morgan fingerprint density at radius 2 is 1.83 bits per heavy atom. The molecule has 2 N–H and O–H groups in total. The maximum Gasteiger partial charge on any atom is 0.344 e. The molecule has 2 aromatic carbocycles. The lowest BCUT2D eigenvalue weighted by atomic mass is 10.2. The molecule has 0 fully saturated rings. The van der Waals surface area contributed by atoms with Gasteiger partial charge in [0, 0.05) is 0 Å². The van der Waals surface area contributed by atoms with Gasteiger partial charge in [-0.05, 0) is 24.3 Å². The fourth-order valence-electron chi connectivity index (χ4n) is 2.24. The van der Waals surface area contributed by atoms with Crippen LogP contribution in [-0.2, 0) is 0 Å². The average molecular weight is 339 g/mol. The van der Waals surface area contributed by atoms with Crippen molar-refractivity contribution in [2.75, 3.05) is 0 Å². The van der Waals surface area contributed by atoms with E-state index < -0.39 is 6.03 Å². The summed E-state index contributed by atoms with van der Waals surface area (Å²) >= 11 is 3.61. The number of urea groups is 1. The molecule has 0 unspecified atom stereocenters. The Labute approximate surface area is 142 Å². The predicted octanol–water partition coefficient (Wildman–Crippen LogP) is 1.86. The van der Waals surface area contributed by atoms with Crippen LogP contribution >= 0.6 is 12.8 Å². The number of hydrogen-bond acceptors (Lipinski definition) is 5. The van der Waals surface area contributed by atoms with Crippen molar-refractivity contribution in [1.29, 1.82) is 0 Å². The van der Waals surface area contributed by atoms with Crippen LogP contribution in [0.5, 0.6) is 0 Å². The minimum Gasteiger partial charge on any atom is -0.283 e. The molecule has 0 saturated heterocycles. The lowest BCUT2D eigenvalue weighted by Crippen LogP contribution is -2.27. The van der Waals surface area contributed by atoms with Gasteiger partial charge in [0.05, 0.1) is 22.8 Å². The van der Waals surface area contributed by atoms with Crippen molar-refractivity contribution in [3.63, 3.8) is 0 Å². The summed E-state index contributed by atoms with van der Waals surface area (Å²) in [7, 11) is 0.